The predicted octanol–water partition coefficient (Wildman–Crippen LogP) is 1.18. The highest BCUT2D eigenvalue weighted by Crippen LogP contribution is 2.24. The molecule has 1 aromatic carbocycles. The third-order valence-corrected chi connectivity index (χ3v) is 3.73. The minimum atomic E-state index is -3.45. The highest BCUT2D eigenvalue weighted by molar-refractivity contribution is 7.92. The maximum absolute atomic E-state index is 12.3. The first-order valence-electron chi connectivity index (χ1n) is 6.01. The molecule has 1 N–H and O–H groups in total. The number of amides is 1. The van der Waals surface area contributed by atoms with Crippen LogP contribution in [0.5, 0.6) is 0 Å². The Balaban J connectivity index is 2.24. The summed E-state index contributed by atoms with van der Waals surface area (Å²) < 4.78 is 30.0. The van der Waals surface area contributed by atoms with E-state index in [2.05, 4.69) is 4.72 Å². The number of ether oxygens (including phenoxy) is 1. The second kappa shape index (κ2) is 5.99. The Morgan fingerprint density at radius 3 is 2.60 bits per heavy atom. The number of hydrogen-bond donors (Lipinski definition) is 1. The van der Waals surface area contributed by atoms with Gasteiger partial charge in [-0.3, -0.25) is 9.52 Å². The smallest absolute Gasteiger partial charge is 0.254 e. The number of carbonyl (C=O) groups is 1. The van der Waals surface area contributed by atoms with E-state index in [1.165, 1.54) is 12.1 Å². The molecule has 0 aromatic heterocycles. The highest BCUT2D eigenvalue weighted by atomic mass is 35.5. The molecular weight excluding hydrogens is 304 g/mol. The summed E-state index contributed by atoms with van der Waals surface area (Å²) >= 11 is 5.92. The fourth-order valence-corrected chi connectivity index (χ4v) is 2.67. The quantitative estimate of drug-likeness (QED) is 0.908. The SMILES string of the molecule is CS(=O)(=O)Nc1cc(C(=O)N2CCOCC2)ccc1Cl. The molecule has 1 aromatic rings. The molecule has 8 heteroatoms. The predicted molar refractivity (Wildman–Crippen MR) is 76.6 cm³/mol. The maximum Gasteiger partial charge on any atom is 0.254 e. The maximum atomic E-state index is 12.3. The number of nitrogens with zero attached hydrogens (tertiary/aromatic N) is 1. The normalized spacial score (nSPS) is 16.0. The highest BCUT2D eigenvalue weighted by Gasteiger charge is 2.19. The van der Waals surface area contributed by atoms with Gasteiger partial charge < -0.3 is 9.64 Å². The van der Waals surface area contributed by atoms with Crippen LogP contribution in [0.2, 0.25) is 5.02 Å². The summed E-state index contributed by atoms with van der Waals surface area (Å²) in [6.07, 6.45) is 1.03. The molecule has 0 bridgehead atoms. The van der Waals surface area contributed by atoms with Crippen molar-refractivity contribution in [3.8, 4) is 0 Å². The minimum absolute atomic E-state index is 0.165. The van der Waals surface area contributed by atoms with Gasteiger partial charge in [-0.15, -0.1) is 0 Å². The Morgan fingerprint density at radius 2 is 2.00 bits per heavy atom. The number of rotatable bonds is 3. The summed E-state index contributed by atoms with van der Waals surface area (Å²) in [5.41, 5.74) is 0.593. The van der Waals surface area contributed by atoms with Gasteiger partial charge >= 0.3 is 0 Å². The van der Waals surface area contributed by atoms with Gasteiger partial charge in [-0.1, -0.05) is 11.6 Å². The summed E-state index contributed by atoms with van der Waals surface area (Å²) in [7, 11) is -3.45. The largest absolute Gasteiger partial charge is 0.378 e. The lowest BCUT2D eigenvalue weighted by molar-refractivity contribution is 0.0303. The standard InChI is InChI=1S/C12H15ClN2O4S/c1-20(17,18)14-11-8-9(2-3-10(11)13)12(16)15-4-6-19-7-5-15/h2-3,8,14H,4-7H2,1H3. The molecule has 6 nitrogen and oxygen atoms in total. The van der Waals surface area contributed by atoms with Crippen LogP contribution in [0.1, 0.15) is 10.4 Å². The van der Waals surface area contributed by atoms with Crippen molar-refractivity contribution in [2.75, 3.05) is 37.3 Å². The van der Waals surface area contributed by atoms with E-state index in [4.69, 9.17) is 16.3 Å². The fraction of sp³-hybridized carbons (Fsp3) is 0.417. The molecule has 1 fully saturated rings. The van der Waals surface area contributed by atoms with Crippen molar-refractivity contribution in [2.24, 2.45) is 0 Å². The number of carbonyl (C=O) groups excluding carboxylic acids is 1. The van der Waals surface area contributed by atoms with Crippen molar-refractivity contribution >= 4 is 33.2 Å². The van der Waals surface area contributed by atoms with E-state index in [-0.39, 0.29) is 16.6 Å². The lowest BCUT2D eigenvalue weighted by Gasteiger charge is -2.27. The van der Waals surface area contributed by atoms with Crippen LogP contribution >= 0.6 is 11.6 Å². The Morgan fingerprint density at radius 1 is 1.35 bits per heavy atom. The van der Waals surface area contributed by atoms with E-state index in [1.54, 1.807) is 11.0 Å². The van der Waals surface area contributed by atoms with Gasteiger partial charge in [-0.05, 0) is 18.2 Å². The lowest BCUT2D eigenvalue weighted by atomic mass is 10.1. The number of morpholine rings is 1. The van der Waals surface area contributed by atoms with Gasteiger partial charge in [0.15, 0.2) is 0 Å². The van der Waals surface area contributed by atoms with Gasteiger partial charge in [-0.2, -0.15) is 0 Å². The van der Waals surface area contributed by atoms with Crippen molar-refractivity contribution in [3.63, 3.8) is 0 Å². The summed E-state index contributed by atoms with van der Waals surface area (Å²) in [6, 6.07) is 4.53. The monoisotopic (exact) mass is 318 g/mol. The van der Waals surface area contributed by atoms with Crippen LogP contribution in [0.15, 0.2) is 18.2 Å². The lowest BCUT2D eigenvalue weighted by Crippen LogP contribution is -2.40. The first-order valence-corrected chi connectivity index (χ1v) is 8.28. The van der Waals surface area contributed by atoms with Crippen LogP contribution in [-0.2, 0) is 14.8 Å². The molecule has 1 aliphatic heterocycles. The zero-order valence-corrected chi connectivity index (χ0v) is 12.5. The zero-order chi connectivity index (χ0) is 14.8. The Labute approximate surface area is 122 Å². The van der Waals surface area contributed by atoms with Crippen LogP contribution in [-0.4, -0.2) is 51.8 Å². The summed E-state index contributed by atoms with van der Waals surface area (Å²) in [5.74, 6) is -0.165. The Hall–Kier alpha value is -1.31. The molecule has 20 heavy (non-hydrogen) atoms. The molecule has 0 radical (unpaired) electrons. The van der Waals surface area contributed by atoms with Gasteiger partial charge in [0.05, 0.1) is 30.2 Å². The van der Waals surface area contributed by atoms with Crippen LogP contribution in [0.3, 0.4) is 0 Å². The van der Waals surface area contributed by atoms with Crippen LogP contribution in [0.4, 0.5) is 5.69 Å². The van der Waals surface area contributed by atoms with E-state index in [1.807, 2.05) is 0 Å². The molecule has 0 unspecified atom stereocenters. The van der Waals surface area contributed by atoms with Gasteiger partial charge in [0.25, 0.3) is 5.91 Å². The second-order valence-electron chi connectivity index (χ2n) is 4.47. The van der Waals surface area contributed by atoms with Gasteiger partial charge in [0.2, 0.25) is 10.0 Å². The summed E-state index contributed by atoms with van der Waals surface area (Å²) in [4.78, 5) is 13.9. The number of nitrogens with one attached hydrogen (secondary N) is 1. The van der Waals surface area contributed by atoms with Gasteiger partial charge in [-0.25, -0.2) is 8.42 Å². The number of hydrogen-bond acceptors (Lipinski definition) is 4. The third kappa shape index (κ3) is 3.84. The molecule has 0 spiro atoms. The molecule has 0 aliphatic carbocycles. The van der Waals surface area contributed by atoms with Crippen molar-refractivity contribution in [3.05, 3.63) is 28.8 Å². The first kappa shape index (κ1) is 15.1. The fourth-order valence-electron chi connectivity index (χ4n) is 1.89. The van der Waals surface area contributed by atoms with E-state index >= 15 is 0 Å². The number of halogens is 1. The molecular formula is C12H15ClN2O4S. The van der Waals surface area contributed by atoms with Crippen LogP contribution < -0.4 is 4.72 Å². The van der Waals surface area contributed by atoms with E-state index in [0.29, 0.717) is 31.9 Å². The van der Waals surface area contributed by atoms with Gasteiger partial charge in [0.1, 0.15) is 0 Å². The molecule has 1 amide bonds. The van der Waals surface area contributed by atoms with Crippen molar-refractivity contribution in [2.45, 2.75) is 0 Å². The van der Waals surface area contributed by atoms with Crippen molar-refractivity contribution in [1.29, 1.82) is 0 Å². The van der Waals surface area contributed by atoms with Crippen molar-refractivity contribution < 1.29 is 17.9 Å². The second-order valence-corrected chi connectivity index (χ2v) is 6.63. The van der Waals surface area contributed by atoms with E-state index in [9.17, 15) is 13.2 Å². The van der Waals surface area contributed by atoms with Crippen LogP contribution in [0, 0.1) is 0 Å². The Bertz CT molecular complexity index is 612. The number of benzene rings is 1. The van der Waals surface area contributed by atoms with E-state index in [0.717, 1.165) is 6.26 Å². The molecule has 1 saturated heterocycles. The molecule has 0 saturated carbocycles. The first-order chi connectivity index (χ1) is 9.37. The van der Waals surface area contributed by atoms with Crippen molar-refractivity contribution in [1.82, 2.24) is 4.90 Å². The minimum Gasteiger partial charge on any atom is -0.378 e. The third-order valence-electron chi connectivity index (χ3n) is 2.81. The molecule has 1 aliphatic rings. The average Bonchev–Trinajstić information content (AvgIpc) is 2.40. The summed E-state index contributed by atoms with van der Waals surface area (Å²) in [6.45, 7) is 2.06. The Kier molecular flexibility index (Phi) is 4.52. The molecule has 0 atom stereocenters. The van der Waals surface area contributed by atoms with Gasteiger partial charge in [0, 0.05) is 18.7 Å². The topological polar surface area (TPSA) is 75.7 Å². The number of sulfonamides is 1. The zero-order valence-electron chi connectivity index (χ0n) is 10.9. The molecule has 1 heterocycles. The van der Waals surface area contributed by atoms with Crippen LogP contribution in [0.25, 0.3) is 0 Å². The molecule has 2 rings (SSSR count). The summed E-state index contributed by atoms with van der Waals surface area (Å²) in [5, 5.41) is 0.244. The number of anilines is 1. The van der Waals surface area contributed by atoms with E-state index < -0.39 is 10.0 Å². The average molecular weight is 319 g/mol. The molecule has 110 valence electrons.